The summed E-state index contributed by atoms with van der Waals surface area (Å²) in [5, 5.41) is 9.35. The van der Waals surface area contributed by atoms with Crippen molar-refractivity contribution in [3.63, 3.8) is 0 Å². The summed E-state index contributed by atoms with van der Waals surface area (Å²) in [5.41, 5.74) is 4.81. The summed E-state index contributed by atoms with van der Waals surface area (Å²) in [5.74, 6) is 0. The van der Waals surface area contributed by atoms with Crippen molar-refractivity contribution in [2.24, 2.45) is 0 Å². The van der Waals surface area contributed by atoms with Crippen LogP contribution in [0.4, 0.5) is 5.69 Å². The lowest BCUT2D eigenvalue weighted by Crippen LogP contribution is -2.27. The van der Waals surface area contributed by atoms with E-state index in [4.69, 9.17) is 0 Å². The summed E-state index contributed by atoms with van der Waals surface area (Å²) in [4.78, 5) is 2.30. The Bertz CT molecular complexity index is 396. The minimum Gasteiger partial charge on any atom is -0.392 e. The Morgan fingerprint density at radius 2 is 2.20 bits per heavy atom. The highest BCUT2D eigenvalue weighted by atomic mass is 16.3. The van der Waals surface area contributed by atoms with E-state index < -0.39 is 0 Å². The first-order valence-corrected chi connectivity index (χ1v) is 5.42. The van der Waals surface area contributed by atoms with Gasteiger partial charge in [0, 0.05) is 24.2 Å². The predicted molar refractivity (Wildman–Crippen MR) is 63.9 cm³/mol. The van der Waals surface area contributed by atoms with Crippen molar-refractivity contribution in [1.82, 2.24) is 0 Å². The second-order valence-corrected chi connectivity index (χ2v) is 3.90. The lowest BCUT2D eigenvalue weighted by atomic mass is 9.97. The highest BCUT2D eigenvalue weighted by Crippen LogP contribution is 2.34. The Morgan fingerprint density at radius 1 is 1.40 bits per heavy atom. The highest BCUT2D eigenvalue weighted by Gasteiger charge is 2.17. The molecule has 1 heterocycles. The summed E-state index contributed by atoms with van der Waals surface area (Å²) in [7, 11) is 0. The van der Waals surface area contributed by atoms with Crippen molar-refractivity contribution in [2.45, 2.75) is 20.5 Å². The van der Waals surface area contributed by atoms with Crippen LogP contribution < -0.4 is 4.90 Å². The van der Waals surface area contributed by atoms with Gasteiger partial charge in [-0.25, -0.2) is 0 Å². The maximum Gasteiger partial charge on any atom is 0.0702 e. The van der Waals surface area contributed by atoms with Gasteiger partial charge < -0.3 is 10.0 Å². The van der Waals surface area contributed by atoms with Crippen molar-refractivity contribution >= 4 is 11.3 Å². The number of likely N-dealkylation sites (N-methyl/N-ethyl adjacent to an activating group) is 1. The molecule has 0 saturated carbocycles. The number of para-hydroxylation sites is 1. The number of hydrogen-bond acceptors (Lipinski definition) is 2. The van der Waals surface area contributed by atoms with Crippen LogP contribution in [0, 0.1) is 0 Å². The fourth-order valence-electron chi connectivity index (χ4n) is 2.15. The van der Waals surface area contributed by atoms with Crippen molar-refractivity contribution in [1.29, 1.82) is 0 Å². The molecule has 1 aromatic carbocycles. The monoisotopic (exact) mass is 203 g/mol. The first-order valence-electron chi connectivity index (χ1n) is 5.42. The molecule has 15 heavy (non-hydrogen) atoms. The van der Waals surface area contributed by atoms with Gasteiger partial charge in [-0.05, 0) is 19.4 Å². The van der Waals surface area contributed by atoms with E-state index in [-0.39, 0.29) is 6.61 Å². The molecule has 1 aromatic rings. The third kappa shape index (κ3) is 1.65. The predicted octanol–water partition coefficient (Wildman–Crippen LogP) is 2.42. The van der Waals surface area contributed by atoms with Gasteiger partial charge in [0.25, 0.3) is 0 Å². The number of fused-ring (bicyclic) bond motifs is 1. The number of nitrogens with zero attached hydrogens (tertiary/aromatic N) is 1. The van der Waals surface area contributed by atoms with Gasteiger partial charge in [-0.2, -0.15) is 0 Å². The second kappa shape index (κ2) is 4.07. The molecule has 0 radical (unpaired) electrons. The van der Waals surface area contributed by atoms with Crippen molar-refractivity contribution < 1.29 is 5.11 Å². The third-order valence-corrected chi connectivity index (χ3v) is 3.03. The van der Waals surface area contributed by atoms with Gasteiger partial charge in [0.1, 0.15) is 0 Å². The molecule has 0 spiro atoms. The van der Waals surface area contributed by atoms with E-state index in [1.807, 2.05) is 12.1 Å². The molecule has 1 N–H and O–H groups in total. The van der Waals surface area contributed by atoms with E-state index in [0.29, 0.717) is 0 Å². The number of benzene rings is 1. The standard InChI is InChI=1S/C13H17NO/c1-3-14-8-7-10(2)12-6-4-5-11(9-15)13(12)14/h4-7,15H,3,8-9H2,1-2H3. The molecule has 2 rings (SSSR count). The van der Waals surface area contributed by atoms with Gasteiger partial charge in [0.15, 0.2) is 0 Å². The smallest absolute Gasteiger partial charge is 0.0702 e. The number of allylic oxidation sites excluding steroid dienone is 1. The number of rotatable bonds is 2. The Morgan fingerprint density at radius 3 is 2.87 bits per heavy atom. The molecule has 0 unspecified atom stereocenters. The molecule has 2 nitrogen and oxygen atoms in total. The Balaban J connectivity index is 2.58. The van der Waals surface area contributed by atoms with Crippen molar-refractivity contribution in [3.8, 4) is 0 Å². The molecule has 2 heteroatoms. The van der Waals surface area contributed by atoms with Crippen LogP contribution in [0.25, 0.3) is 5.57 Å². The van der Waals surface area contributed by atoms with Crippen LogP contribution >= 0.6 is 0 Å². The number of aliphatic hydroxyl groups is 1. The van der Waals surface area contributed by atoms with Crippen LogP contribution in [-0.4, -0.2) is 18.2 Å². The van der Waals surface area contributed by atoms with E-state index in [1.54, 1.807) is 0 Å². The molecule has 80 valence electrons. The fourth-order valence-corrected chi connectivity index (χ4v) is 2.15. The zero-order valence-corrected chi connectivity index (χ0v) is 9.33. The largest absolute Gasteiger partial charge is 0.392 e. The SMILES string of the molecule is CCN1CC=C(C)c2cccc(CO)c21. The van der Waals surface area contributed by atoms with Crippen LogP contribution in [0.5, 0.6) is 0 Å². The van der Waals surface area contributed by atoms with Gasteiger partial charge in [0.2, 0.25) is 0 Å². The first-order chi connectivity index (χ1) is 7.27. The lowest BCUT2D eigenvalue weighted by Gasteiger charge is -2.31. The maximum atomic E-state index is 9.35. The van der Waals surface area contributed by atoms with E-state index in [1.165, 1.54) is 16.8 Å². The van der Waals surface area contributed by atoms with Gasteiger partial charge in [-0.3, -0.25) is 0 Å². The first kappa shape index (κ1) is 10.2. The molecule has 1 aliphatic heterocycles. The van der Waals surface area contributed by atoms with Gasteiger partial charge in [-0.1, -0.05) is 24.3 Å². The van der Waals surface area contributed by atoms with Crippen molar-refractivity contribution in [3.05, 3.63) is 35.4 Å². The van der Waals surface area contributed by atoms with Crippen molar-refractivity contribution in [2.75, 3.05) is 18.0 Å². The molecule has 0 saturated heterocycles. The molecular weight excluding hydrogens is 186 g/mol. The van der Waals surface area contributed by atoms with E-state index in [2.05, 4.69) is 30.9 Å². The quantitative estimate of drug-likeness (QED) is 0.798. The summed E-state index contributed by atoms with van der Waals surface area (Å²) in [6, 6.07) is 6.14. The summed E-state index contributed by atoms with van der Waals surface area (Å²) >= 11 is 0. The molecule has 0 atom stereocenters. The Kier molecular flexibility index (Phi) is 2.78. The van der Waals surface area contributed by atoms with Crippen LogP contribution in [0.1, 0.15) is 25.0 Å². The average Bonchev–Trinajstić information content (AvgIpc) is 2.29. The number of hydrogen-bond donors (Lipinski definition) is 1. The molecular formula is C13H17NO. The highest BCUT2D eigenvalue weighted by molar-refractivity contribution is 5.81. The fraction of sp³-hybridized carbons (Fsp3) is 0.385. The Labute approximate surface area is 90.8 Å². The third-order valence-electron chi connectivity index (χ3n) is 3.03. The zero-order chi connectivity index (χ0) is 10.8. The molecule has 0 bridgehead atoms. The summed E-state index contributed by atoms with van der Waals surface area (Å²) < 4.78 is 0. The minimum absolute atomic E-state index is 0.118. The van der Waals surface area contributed by atoms with Gasteiger partial charge >= 0.3 is 0 Å². The van der Waals surface area contributed by atoms with Crippen LogP contribution in [0.15, 0.2) is 24.3 Å². The maximum absolute atomic E-state index is 9.35. The molecule has 0 fully saturated rings. The average molecular weight is 203 g/mol. The summed E-state index contributed by atoms with van der Waals surface area (Å²) in [6.07, 6.45) is 2.24. The molecule has 0 aromatic heterocycles. The van der Waals surface area contributed by atoms with Crippen LogP contribution in [0.2, 0.25) is 0 Å². The molecule has 0 aliphatic carbocycles. The van der Waals surface area contributed by atoms with E-state index in [0.717, 1.165) is 18.7 Å². The number of anilines is 1. The van der Waals surface area contributed by atoms with Gasteiger partial charge in [-0.15, -0.1) is 0 Å². The van der Waals surface area contributed by atoms with Crippen LogP contribution in [0.3, 0.4) is 0 Å². The Hall–Kier alpha value is -1.28. The second-order valence-electron chi connectivity index (χ2n) is 3.90. The molecule has 1 aliphatic rings. The lowest BCUT2D eigenvalue weighted by molar-refractivity contribution is 0.282. The van der Waals surface area contributed by atoms with Gasteiger partial charge in [0.05, 0.1) is 12.3 Å². The van der Waals surface area contributed by atoms with Crippen LogP contribution in [-0.2, 0) is 6.61 Å². The molecule has 0 amide bonds. The minimum atomic E-state index is 0.118. The summed E-state index contributed by atoms with van der Waals surface area (Å²) in [6.45, 7) is 6.33. The van der Waals surface area contributed by atoms with E-state index in [9.17, 15) is 5.11 Å². The topological polar surface area (TPSA) is 23.5 Å². The normalized spacial score (nSPS) is 14.9. The zero-order valence-electron chi connectivity index (χ0n) is 9.33. The number of aliphatic hydroxyl groups excluding tert-OH is 1. The van der Waals surface area contributed by atoms with E-state index >= 15 is 0 Å².